The summed E-state index contributed by atoms with van der Waals surface area (Å²) < 4.78 is 22.2. The van der Waals surface area contributed by atoms with Gasteiger partial charge >= 0.3 is 0 Å². The normalized spacial score (nSPS) is 10.5. The number of nitrogens with two attached hydrogens (primary N) is 1. The van der Waals surface area contributed by atoms with E-state index < -0.39 is 0 Å². The van der Waals surface area contributed by atoms with Gasteiger partial charge in [0, 0.05) is 6.54 Å². The van der Waals surface area contributed by atoms with Crippen LogP contribution in [-0.2, 0) is 6.42 Å². The van der Waals surface area contributed by atoms with Crippen LogP contribution >= 0.6 is 11.5 Å². The molecule has 1 heterocycles. The highest BCUT2D eigenvalue weighted by atomic mass is 32.1. The SMILES string of the molecule is COc1c(N)nsc1NCCc1ccc(F)cc1C. The summed E-state index contributed by atoms with van der Waals surface area (Å²) in [6, 6.07) is 4.83. The van der Waals surface area contributed by atoms with E-state index in [4.69, 9.17) is 10.5 Å². The Hall–Kier alpha value is -1.82. The molecule has 0 unspecified atom stereocenters. The third-order valence-electron chi connectivity index (χ3n) is 2.86. The summed E-state index contributed by atoms with van der Waals surface area (Å²) in [5.74, 6) is 0.778. The number of aromatic nitrogens is 1. The van der Waals surface area contributed by atoms with Crippen molar-refractivity contribution in [2.24, 2.45) is 0 Å². The molecule has 0 aliphatic rings. The summed E-state index contributed by atoms with van der Waals surface area (Å²) in [5.41, 5.74) is 7.74. The van der Waals surface area contributed by atoms with E-state index in [1.54, 1.807) is 13.2 Å². The lowest BCUT2D eigenvalue weighted by atomic mass is 10.1. The predicted molar refractivity (Wildman–Crippen MR) is 76.4 cm³/mol. The molecular weight excluding hydrogens is 265 g/mol. The summed E-state index contributed by atoms with van der Waals surface area (Å²) in [4.78, 5) is 0. The van der Waals surface area contributed by atoms with Crippen LogP contribution in [0.5, 0.6) is 5.75 Å². The second-order valence-corrected chi connectivity index (χ2v) is 4.95. The van der Waals surface area contributed by atoms with E-state index in [1.165, 1.54) is 17.6 Å². The quantitative estimate of drug-likeness (QED) is 0.884. The second-order valence-electron chi connectivity index (χ2n) is 4.18. The summed E-state index contributed by atoms with van der Waals surface area (Å²) >= 11 is 1.27. The van der Waals surface area contributed by atoms with Crippen molar-refractivity contribution in [3.63, 3.8) is 0 Å². The Labute approximate surface area is 115 Å². The Kier molecular flexibility index (Phi) is 4.21. The van der Waals surface area contributed by atoms with Gasteiger partial charge in [-0.3, -0.25) is 0 Å². The standard InChI is InChI=1S/C13H16FN3OS/c1-8-7-10(14)4-3-9(8)5-6-16-13-11(18-2)12(15)17-19-13/h3-4,7,16H,5-6H2,1-2H3,(H2,15,17). The van der Waals surface area contributed by atoms with Crippen molar-refractivity contribution in [3.05, 3.63) is 35.1 Å². The first kappa shape index (κ1) is 13.6. The molecule has 1 aromatic carbocycles. The van der Waals surface area contributed by atoms with Crippen molar-refractivity contribution >= 4 is 22.4 Å². The zero-order chi connectivity index (χ0) is 13.8. The summed E-state index contributed by atoms with van der Waals surface area (Å²) in [7, 11) is 1.56. The number of nitrogen functional groups attached to an aromatic ring is 1. The van der Waals surface area contributed by atoms with Crippen molar-refractivity contribution < 1.29 is 9.13 Å². The molecular formula is C13H16FN3OS. The summed E-state index contributed by atoms with van der Waals surface area (Å²) in [5, 5.41) is 4.05. The number of nitrogens with one attached hydrogen (secondary N) is 1. The van der Waals surface area contributed by atoms with Crippen LogP contribution in [-0.4, -0.2) is 18.0 Å². The van der Waals surface area contributed by atoms with E-state index in [0.29, 0.717) is 18.1 Å². The highest BCUT2D eigenvalue weighted by Crippen LogP contribution is 2.34. The minimum atomic E-state index is -0.203. The monoisotopic (exact) mass is 281 g/mol. The number of hydrogen-bond donors (Lipinski definition) is 2. The van der Waals surface area contributed by atoms with Gasteiger partial charge in [-0.05, 0) is 48.1 Å². The van der Waals surface area contributed by atoms with Gasteiger partial charge in [0.1, 0.15) is 5.82 Å². The number of hydrogen-bond acceptors (Lipinski definition) is 5. The lowest BCUT2D eigenvalue weighted by molar-refractivity contribution is 0.419. The molecule has 4 nitrogen and oxygen atoms in total. The zero-order valence-electron chi connectivity index (χ0n) is 10.9. The molecule has 0 atom stereocenters. The first-order valence-electron chi connectivity index (χ1n) is 5.90. The van der Waals surface area contributed by atoms with Crippen molar-refractivity contribution in [3.8, 4) is 5.75 Å². The van der Waals surface area contributed by atoms with E-state index in [9.17, 15) is 4.39 Å². The topological polar surface area (TPSA) is 60.2 Å². The largest absolute Gasteiger partial charge is 0.490 e. The molecule has 0 spiro atoms. The Morgan fingerprint density at radius 2 is 2.26 bits per heavy atom. The van der Waals surface area contributed by atoms with Crippen molar-refractivity contribution in [2.45, 2.75) is 13.3 Å². The maximum absolute atomic E-state index is 13.0. The molecule has 102 valence electrons. The summed E-state index contributed by atoms with van der Waals surface area (Å²) in [6.07, 6.45) is 0.799. The Morgan fingerprint density at radius 3 is 2.95 bits per heavy atom. The van der Waals surface area contributed by atoms with E-state index in [-0.39, 0.29) is 5.82 Å². The maximum Gasteiger partial charge on any atom is 0.197 e. The predicted octanol–water partition coefficient (Wildman–Crippen LogP) is 2.84. The van der Waals surface area contributed by atoms with Gasteiger partial charge in [0.15, 0.2) is 16.6 Å². The third-order valence-corrected chi connectivity index (χ3v) is 3.66. The van der Waals surface area contributed by atoms with Crippen LogP contribution in [0.4, 0.5) is 15.2 Å². The molecule has 0 bridgehead atoms. The van der Waals surface area contributed by atoms with Crippen LogP contribution < -0.4 is 15.8 Å². The van der Waals surface area contributed by atoms with Crippen molar-refractivity contribution in [2.75, 3.05) is 24.7 Å². The van der Waals surface area contributed by atoms with Crippen LogP contribution in [0, 0.1) is 12.7 Å². The van der Waals surface area contributed by atoms with Crippen LogP contribution in [0.25, 0.3) is 0 Å². The number of ether oxygens (including phenoxy) is 1. The number of halogens is 1. The Morgan fingerprint density at radius 1 is 1.47 bits per heavy atom. The lowest BCUT2D eigenvalue weighted by Crippen LogP contribution is -2.06. The number of rotatable bonds is 5. The number of anilines is 2. The average molecular weight is 281 g/mol. The molecule has 0 aliphatic heterocycles. The molecule has 0 saturated carbocycles. The van der Waals surface area contributed by atoms with E-state index in [0.717, 1.165) is 22.5 Å². The fourth-order valence-electron chi connectivity index (χ4n) is 1.85. The Bertz CT molecular complexity index is 571. The minimum Gasteiger partial charge on any atom is -0.490 e. The van der Waals surface area contributed by atoms with Gasteiger partial charge in [0.05, 0.1) is 7.11 Å². The fourth-order valence-corrected chi connectivity index (χ4v) is 2.56. The molecule has 0 saturated heterocycles. The van der Waals surface area contributed by atoms with Crippen LogP contribution in [0.1, 0.15) is 11.1 Å². The first-order chi connectivity index (χ1) is 9.11. The second kappa shape index (κ2) is 5.88. The number of benzene rings is 1. The van der Waals surface area contributed by atoms with Crippen molar-refractivity contribution in [1.29, 1.82) is 0 Å². The van der Waals surface area contributed by atoms with Gasteiger partial charge in [0.25, 0.3) is 0 Å². The first-order valence-corrected chi connectivity index (χ1v) is 6.67. The molecule has 2 aromatic rings. The lowest BCUT2D eigenvalue weighted by Gasteiger charge is -2.08. The third kappa shape index (κ3) is 3.14. The molecule has 1 aromatic heterocycles. The molecule has 6 heteroatoms. The van der Waals surface area contributed by atoms with Gasteiger partial charge in [-0.15, -0.1) is 0 Å². The number of nitrogens with zero attached hydrogens (tertiary/aromatic N) is 1. The molecule has 0 fully saturated rings. The van der Waals surface area contributed by atoms with E-state index in [1.807, 2.05) is 13.0 Å². The smallest absolute Gasteiger partial charge is 0.197 e. The average Bonchev–Trinajstić information content (AvgIpc) is 2.72. The number of methoxy groups -OCH3 is 1. The molecule has 0 aliphatic carbocycles. The molecule has 2 rings (SSSR count). The summed E-state index contributed by atoms with van der Waals surface area (Å²) in [6.45, 7) is 2.62. The molecule has 3 N–H and O–H groups in total. The maximum atomic E-state index is 13.0. The Balaban J connectivity index is 1.96. The van der Waals surface area contributed by atoms with E-state index in [2.05, 4.69) is 9.69 Å². The van der Waals surface area contributed by atoms with Crippen LogP contribution in [0.15, 0.2) is 18.2 Å². The number of aryl methyl sites for hydroxylation is 1. The van der Waals surface area contributed by atoms with Crippen LogP contribution in [0.2, 0.25) is 0 Å². The van der Waals surface area contributed by atoms with Gasteiger partial charge < -0.3 is 15.8 Å². The van der Waals surface area contributed by atoms with Gasteiger partial charge in [-0.2, -0.15) is 4.37 Å². The highest BCUT2D eigenvalue weighted by Gasteiger charge is 2.11. The van der Waals surface area contributed by atoms with E-state index >= 15 is 0 Å². The molecule has 0 radical (unpaired) electrons. The fraction of sp³-hybridized carbons (Fsp3) is 0.308. The van der Waals surface area contributed by atoms with Crippen LogP contribution in [0.3, 0.4) is 0 Å². The van der Waals surface area contributed by atoms with Gasteiger partial charge in [-0.1, -0.05) is 6.07 Å². The molecule has 0 amide bonds. The zero-order valence-corrected chi connectivity index (χ0v) is 11.7. The minimum absolute atomic E-state index is 0.203. The highest BCUT2D eigenvalue weighted by molar-refractivity contribution is 7.11. The van der Waals surface area contributed by atoms with Gasteiger partial charge in [-0.25, -0.2) is 4.39 Å². The van der Waals surface area contributed by atoms with Crippen molar-refractivity contribution in [1.82, 2.24) is 4.37 Å². The van der Waals surface area contributed by atoms with Gasteiger partial charge in [0.2, 0.25) is 0 Å². The molecule has 19 heavy (non-hydrogen) atoms.